The monoisotopic (exact) mass is 328 g/mol. The van der Waals surface area contributed by atoms with Gasteiger partial charge in [0.05, 0.1) is 10.0 Å². The maximum absolute atomic E-state index is 6.07. The first kappa shape index (κ1) is 13.9. The number of nitrogens with zero attached hydrogens (tertiary/aromatic N) is 4. The fourth-order valence-corrected chi connectivity index (χ4v) is 3.27. The Morgan fingerprint density at radius 2 is 1.75 bits per heavy atom. The lowest BCUT2D eigenvalue weighted by Crippen LogP contribution is -2.46. The Bertz CT molecular complexity index is 608. The third-order valence-electron chi connectivity index (χ3n) is 3.34. The summed E-state index contributed by atoms with van der Waals surface area (Å²) in [5.41, 5.74) is 1.12. The molecule has 2 heterocycles. The van der Waals surface area contributed by atoms with E-state index in [1.165, 1.54) is 11.5 Å². The molecule has 0 radical (unpaired) electrons. The van der Waals surface area contributed by atoms with Crippen LogP contribution in [0.1, 0.15) is 5.82 Å². The fraction of sp³-hybridized carbons (Fsp3) is 0.385. The summed E-state index contributed by atoms with van der Waals surface area (Å²) in [6.07, 6.45) is 0. The van der Waals surface area contributed by atoms with Crippen LogP contribution in [0.5, 0.6) is 0 Å². The quantitative estimate of drug-likeness (QED) is 0.844. The first-order chi connectivity index (χ1) is 9.63. The molecule has 1 aromatic heterocycles. The molecular formula is C13H14Cl2N4S. The van der Waals surface area contributed by atoms with Crippen molar-refractivity contribution in [2.45, 2.75) is 6.92 Å². The third kappa shape index (κ3) is 2.85. The van der Waals surface area contributed by atoms with E-state index in [2.05, 4.69) is 19.2 Å². The number of aryl methyl sites for hydroxylation is 1. The molecule has 106 valence electrons. The number of piperazine rings is 1. The zero-order chi connectivity index (χ0) is 14.1. The second-order valence-corrected chi connectivity index (χ2v) is 6.24. The Morgan fingerprint density at radius 3 is 2.35 bits per heavy atom. The summed E-state index contributed by atoms with van der Waals surface area (Å²) < 4.78 is 4.23. The van der Waals surface area contributed by atoms with Crippen LogP contribution in [0.4, 0.5) is 10.8 Å². The van der Waals surface area contributed by atoms with Gasteiger partial charge in [-0.3, -0.25) is 0 Å². The van der Waals surface area contributed by atoms with Gasteiger partial charge in [0.2, 0.25) is 5.13 Å². The van der Waals surface area contributed by atoms with Gasteiger partial charge in [-0.25, -0.2) is 4.98 Å². The number of benzene rings is 1. The molecule has 4 nitrogen and oxygen atoms in total. The molecule has 1 aliphatic heterocycles. The Hall–Kier alpha value is -1.04. The van der Waals surface area contributed by atoms with Gasteiger partial charge in [0.25, 0.3) is 0 Å². The molecule has 0 saturated carbocycles. The Kier molecular flexibility index (Phi) is 4.01. The van der Waals surface area contributed by atoms with E-state index < -0.39 is 0 Å². The van der Waals surface area contributed by atoms with Crippen molar-refractivity contribution in [3.8, 4) is 0 Å². The van der Waals surface area contributed by atoms with Gasteiger partial charge in [0, 0.05) is 43.4 Å². The normalized spacial score (nSPS) is 15.8. The Morgan fingerprint density at radius 1 is 1.05 bits per heavy atom. The predicted molar refractivity (Wildman–Crippen MR) is 85.5 cm³/mol. The van der Waals surface area contributed by atoms with E-state index in [0.29, 0.717) is 10.0 Å². The van der Waals surface area contributed by atoms with Crippen molar-refractivity contribution in [2.24, 2.45) is 0 Å². The Labute approximate surface area is 132 Å². The van der Waals surface area contributed by atoms with Crippen LogP contribution in [0, 0.1) is 6.92 Å². The molecule has 1 aromatic carbocycles. The zero-order valence-corrected chi connectivity index (χ0v) is 13.3. The number of anilines is 2. The van der Waals surface area contributed by atoms with Crippen LogP contribution in [0.3, 0.4) is 0 Å². The van der Waals surface area contributed by atoms with Gasteiger partial charge in [-0.15, -0.1) is 0 Å². The molecule has 0 aliphatic carbocycles. The van der Waals surface area contributed by atoms with Gasteiger partial charge in [-0.2, -0.15) is 4.37 Å². The van der Waals surface area contributed by atoms with Gasteiger partial charge in [0.1, 0.15) is 5.82 Å². The van der Waals surface area contributed by atoms with E-state index in [4.69, 9.17) is 23.2 Å². The molecule has 0 amide bonds. The average Bonchev–Trinajstić information content (AvgIpc) is 2.89. The maximum Gasteiger partial charge on any atom is 0.205 e. The molecule has 20 heavy (non-hydrogen) atoms. The van der Waals surface area contributed by atoms with Crippen LogP contribution in [-0.4, -0.2) is 35.5 Å². The highest BCUT2D eigenvalue weighted by molar-refractivity contribution is 7.09. The molecule has 0 unspecified atom stereocenters. The molecule has 0 bridgehead atoms. The van der Waals surface area contributed by atoms with Crippen LogP contribution in [0.15, 0.2) is 18.2 Å². The molecule has 1 fully saturated rings. The van der Waals surface area contributed by atoms with Crippen LogP contribution in [0.25, 0.3) is 0 Å². The van der Waals surface area contributed by atoms with E-state index in [0.717, 1.165) is 42.8 Å². The molecule has 0 spiro atoms. The molecular weight excluding hydrogens is 315 g/mol. The SMILES string of the molecule is Cc1nsc(N2CCN(c3ccc(Cl)c(Cl)c3)CC2)n1. The Balaban J connectivity index is 1.67. The first-order valence-corrected chi connectivity index (χ1v) is 7.91. The molecule has 1 aliphatic rings. The smallest absolute Gasteiger partial charge is 0.205 e. The standard InChI is InChI=1S/C13H14Cl2N4S/c1-9-16-13(20-17-9)19-6-4-18(5-7-19)10-2-3-11(14)12(15)8-10/h2-3,8H,4-7H2,1H3. The van der Waals surface area contributed by atoms with E-state index in [1.54, 1.807) is 0 Å². The van der Waals surface area contributed by atoms with E-state index in [-0.39, 0.29) is 0 Å². The lowest BCUT2D eigenvalue weighted by molar-refractivity contribution is 0.651. The summed E-state index contributed by atoms with van der Waals surface area (Å²) in [5, 5.41) is 2.21. The summed E-state index contributed by atoms with van der Waals surface area (Å²) in [4.78, 5) is 9.02. The molecule has 0 N–H and O–H groups in total. The number of hydrogen-bond donors (Lipinski definition) is 0. The number of rotatable bonds is 2. The molecule has 0 atom stereocenters. The minimum atomic E-state index is 0.596. The minimum absolute atomic E-state index is 0.596. The van der Waals surface area contributed by atoms with E-state index in [9.17, 15) is 0 Å². The lowest BCUT2D eigenvalue weighted by Gasteiger charge is -2.35. The predicted octanol–water partition coefficient (Wildman–Crippen LogP) is 3.48. The van der Waals surface area contributed by atoms with Crippen molar-refractivity contribution >= 4 is 45.6 Å². The fourth-order valence-electron chi connectivity index (χ4n) is 2.25. The van der Waals surface area contributed by atoms with Crippen LogP contribution in [-0.2, 0) is 0 Å². The van der Waals surface area contributed by atoms with Crippen molar-refractivity contribution in [2.75, 3.05) is 36.0 Å². The van der Waals surface area contributed by atoms with Gasteiger partial charge >= 0.3 is 0 Å². The lowest BCUT2D eigenvalue weighted by atomic mass is 10.2. The van der Waals surface area contributed by atoms with Crippen LogP contribution < -0.4 is 9.80 Å². The first-order valence-electron chi connectivity index (χ1n) is 6.39. The highest BCUT2D eigenvalue weighted by Crippen LogP contribution is 2.28. The van der Waals surface area contributed by atoms with E-state index in [1.807, 2.05) is 25.1 Å². The highest BCUT2D eigenvalue weighted by atomic mass is 35.5. The topological polar surface area (TPSA) is 32.3 Å². The van der Waals surface area contributed by atoms with Crippen molar-refractivity contribution in [1.29, 1.82) is 0 Å². The zero-order valence-electron chi connectivity index (χ0n) is 11.0. The summed E-state index contributed by atoms with van der Waals surface area (Å²) in [6, 6.07) is 5.79. The van der Waals surface area contributed by atoms with Crippen molar-refractivity contribution in [3.05, 3.63) is 34.1 Å². The number of hydrogen-bond acceptors (Lipinski definition) is 5. The molecule has 1 saturated heterocycles. The van der Waals surface area contributed by atoms with Gasteiger partial charge in [0.15, 0.2) is 0 Å². The van der Waals surface area contributed by atoms with Gasteiger partial charge in [-0.1, -0.05) is 23.2 Å². The minimum Gasteiger partial charge on any atom is -0.368 e. The second-order valence-electron chi connectivity index (χ2n) is 4.70. The highest BCUT2D eigenvalue weighted by Gasteiger charge is 2.20. The van der Waals surface area contributed by atoms with Crippen LogP contribution in [0.2, 0.25) is 10.0 Å². The molecule has 7 heteroatoms. The van der Waals surface area contributed by atoms with Crippen molar-refractivity contribution < 1.29 is 0 Å². The van der Waals surface area contributed by atoms with Crippen LogP contribution >= 0.6 is 34.7 Å². The number of aromatic nitrogens is 2. The van der Waals surface area contributed by atoms with E-state index >= 15 is 0 Å². The maximum atomic E-state index is 6.07. The van der Waals surface area contributed by atoms with Gasteiger partial charge in [-0.05, 0) is 25.1 Å². The summed E-state index contributed by atoms with van der Waals surface area (Å²) in [7, 11) is 0. The van der Waals surface area contributed by atoms with Crippen molar-refractivity contribution in [3.63, 3.8) is 0 Å². The third-order valence-corrected chi connectivity index (χ3v) is 4.94. The number of halogens is 2. The second kappa shape index (κ2) is 5.76. The molecule has 2 aromatic rings. The average molecular weight is 329 g/mol. The summed E-state index contributed by atoms with van der Waals surface area (Å²) in [6.45, 7) is 5.68. The summed E-state index contributed by atoms with van der Waals surface area (Å²) in [5.74, 6) is 0.844. The van der Waals surface area contributed by atoms with Gasteiger partial charge < -0.3 is 9.80 Å². The van der Waals surface area contributed by atoms with Crippen molar-refractivity contribution in [1.82, 2.24) is 9.36 Å². The largest absolute Gasteiger partial charge is 0.368 e. The summed E-state index contributed by atoms with van der Waals surface area (Å²) >= 11 is 13.5. The molecule has 3 rings (SSSR count).